The van der Waals surface area contributed by atoms with E-state index in [1.54, 1.807) is 6.92 Å². The van der Waals surface area contributed by atoms with Gasteiger partial charge in [0.15, 0.2) is 0 Å². The van der Waals surface area contributed by atoms with Crippen LogP contribution in [0.4, 0.5) is 0 Å². The van der Waals surface area contributed by atoms with Gasteiger partial charge in [-0.25, -0.2) is 0 Å². The topological polar surface area (TPSA) is 49.7 Å². The van der Waals surface area contributed by atoms with Gasteiger partial charge in [-0.2, -0.15) is 0 Å². The fourth-order valence-corrected chi connectivity index (χ4v) is 1.43. The van der Waals surface area contributed by atoms with E-state index in [1.807, 2.05) is 20.8 Å². The molecule has 0 aromatic carbocycles. The van der Waals surface area contributed by atoms with E-state index in [0.29, 0.717) is 13.0 Å². The van der Waals surface area contributed by atoms with Crippen LogP contribution in [0.2, 0.25) is 0 Å². The van der Waals surface area contributed by atoms with Crippen LogP contribution >= 0.6 is 0 Å². The lowest BCUT2D eigenvalue weighted by Gasteiger charge is -2.21. The number of aliphatic hydroxyl groups excluding tert-OH is 2. The van der Waals surface area contributed by atoms with Gasteiger partial charge in [0.2, 0.25) is 0 Å². The molecule has 0 aliphatic rings. The molecule has 0 spiro atoms. The summed E-state index contributed by atoms with van der Waals surface area (Å²) in [5.74, 6) is 0.167. The Morgan fingerprint density at radius 1 is 1.14 bits per heavy atom. The van der Waals surface area contributed by atoms with Crippen molar-refractivity contribution in [2.75, 3.05) is 6.61 Å². The molecule has 0 bridgehead atoms. The first kappa shape index (κ1) is 13.9. The summed E-state index contributed by atoms with van der Waals surface area (Å²) in [7, 11) is 0. The monoisotopic (exact) mass is 204 g/mol. The SMILES string of the molecule is CCC(CC(O)COC(C)C)C(C)O. The quantitative estimate of drug-likeness (QED) is 0.662. The van der Waals surface area contributed by atoms with E-state index in [9.17, 15) is 10.2 Å². The Morgan fingerprint density at radius 2 is 1.71 bits per heavy atom. The summed E-state index contributed by atoms with van der Waals surface area (Å²) in [6.45, 7) is 8.04. The normalized spacial score (nSPS) is 18.2. The molecule has 0 aliphatic carbocycles. The van der Waals surface area contributed by atoms with E-state index in [0.717, 1.165) is 6.42 Å². The van der Waals surface area contributed by atoms with Gasteiger partial charge < -0.3 is 14.9 Å². The van der Waals surface area contributed by atoms with Crippen LogP contribution in [0, 0.1) is 5.92 Å². The zero-order valence-corrected chi connectivity index (χ0v) is 9.73. The third kappa shape index (κ3) is 6.35. The van der Waals surface area contributed by atoms with Crippen molar-refractivity contribution in [3.63, 3.8) is 0 Å². The highest BCUT2D eigenvalue weighted by Gasteiger charge is 2.17. The largest absolute Gasteiger partial charge is 0.393 e. The summed E-state index contributed by atoms with van der Waals surface area (Å²) in [6, 6.07) is 0. The van der Waals surface area contributed by atoms with Crippen LogP contribution in [0.1, 0.15) is 40.5 Å². The first-order valence-electron chi connectivity index (χ1n) is 5.45. The molecule has 0 aromatic heterocycles. The van der Waals surface area contributed by atoms with Gasteiger partial charge in [-0.05, 0) is 33.1 Å². The summed E-state index contributed by atoms with van der Waals surface area (Å²) < 4.78 is 5.30. The van der Waals surface area contributed by atoms with Crippen LogP contribution in [-0.4, -0.2) is 35.1 Å². The molecule has 3 atom stereocenters. The maximum atomic E-state index is 9.61. The Labute approximate surface area is 87.1 Å². The highest BCUT2D eigenvalue weighted by atomic mass is 16.5. The highest BCUT2D eigenvalue weighted by Crippen LogP contribution is 2.16. The smallest absolute Gasteiger partial charge is 0.0777 e. The summed E-state index contributed by atoms with van der Waals surface area (Å²) in [6.07, 6.45) is 0.832. The maximum Gasteiger partial charge on any atom is 0.0777 e. The van der Waals surface area contributed by atoms with Crippen molar-refractivity contribution in [3.05, 3.63) is 0 Å². The Balaban J connectivity index is 3.73. The Kier molecular flexibility index (Phi) is 7.15. The van der Waals surface area contributed by atoms with Gasteiger partial charge in [0, 0.05) is 0 Å². The van der Waals surface area contributed by atoms with Gasteiger partial charge in [-0.3, -0.25) is 0 Å². The Hall–Kier alpha value is -0.120. The molecule has 3 unspecified atom stereocenters. The van der Waals surface area contributed by atoms with Crippen molar-refractivity contribution >= 4 is 0 Å². The predicted molar refractivity (Wildman–Crippen MR) is 57.2 cm³/mol. The molecule has 0 radical (unpaired) electrons. The molecule has 0 aromatic rings. The van der Waals surface area contributed by atoms with Crippen molar-refractivity contribution < 1.29 is 14.9 Å². The van der Waals surface area contributed by atoms with E-state index < -0.39 is 6.10 Å². The lowest BCUT2D eigenvalue weighted by atomic mass is 9.94. The van der Waals surface area contributed by atoms with E-state index in [2.05, 4.69) is 0 Å². The van der Waals surface area contributed by atoms with Crippen molar-refractivity contribution in [1.82, 2.24) is 0 Å². The third-order valence-corrected chi connectivity index (χ3v) is 2.40. The van der Waals surface area contributed by atoms with Gasteiger partial charge in [-0.1, -0.05) is 13.3 Å². The highest BCUT2D eigenvalue weighted by molar-refractivity contribution is 4.68. The minimum atomic E-state index is -0.461. The number of hydrogen-bond donors (Lipinski definition) is 2. The molecule has 0 aliphatic heterocycles. The van der Waals surface area contributed by atoms with Gasteiger partial charge >= 0.3 is 0 Å². The second-order valence-electron chi connectivity index (χ2n) is 4.18. The van der Waals surface area contributed by atoms with E-state index in [4.69, 9.17) is 4.74 Å². The maximum absolute atomic E-state index is 9.61. The van der Waals surface area contributed by atoms with Crippen molar-refractivity contribution in [1.29, 1.82) is 0 Å². The van der Waals surface area contributed by atoms with Gasteiger partial charge in [0.05, 0.1) is 24.9 Å². The summed E-state index contributed by atoms with van der Waals surface area (Å²) in [4.78, 5) is 0. The first-order valence-corrected chi connectivity index (χ1v) is 5.45. The molecule has 14 heavy (non-hydrogen) atoms. The fourth-order valence-electron chi connectivity index (χ4n) is 1.43. The number of hydrogen-bond acceptors (Lipinski definition) is 3. The Bertz CT molecular complexity index is 134. The second kappa shape index (κ2) is 7.21. The summed E-state index contributed by atoms with van der Waals surface area (Å²) >= 11 is 0. The second-order valence-corrected chi connectivity index (χ2v) is 4.18. The molecule has 0 amide bonds. The third-order valence-electron chi connectivity index (χ3n) is 2.40. The van der Waals surface area contributed by atoms with Crippen LogP contribution in [0.5, 0.6) is 0 Å². The van der Waals surface area contributed by atoms with Gasteiger partial charge in [0.25, 0.3) is 0 Å². The van der Waals surface area contributed by atoms with E-state index in [1.165, 1.54) is 0 Å². The lowest BCUT2D eigenvalue weighted by molar-refractivity contribution is -0.0144. The number of rotatable bonds is 7. The average molecular weight is 204 g/mol. The minimum Gasteiger partial charge on any atom is -0.393 e. The summed E-state index contributed by atoms with van der Waals surface area (Å²) in [5, 5.41) is 19.0. The molecule has 86 valence electrons. The average Bonchev–Trinajstić information content (AvgIpc) is 2.10. The van der Waals surface area contributed by atoms with Crippen LogP contribution in [0.25, 0.3) is 0 Å². The van der Waals surface area contributed by atoms with Gasteiger partial charge in [-0.15, -0.1) is 0 Å². The zero-order valence-electron chi connectivity index (χ0n) is 9.73. The van der Waals surface area contributed by atoms with Crippen LogP contribution < -0.4 is 0 Å². The lowest BCUT2D eigenvalue weighted by Crippen LogP contribution is -2.26. The standard InChI is InChI=1S/C11H24O3/c1-5-10(9(4)12)6-11(13)7-14-8(2)3/h8-13H,5-7H2,1-4H3. The molecular formula is C11H24O3. The predicted octanol–water partition coefficient (Wildman–Crippen LogP) is 1.57. The van der Waals surface area contributed by atoms with Crippen LogP contribution in [0.3, 0.4) is 0 Å². The molecule has 0 fully saturated rings. The number of ether oxygens (including phenoxy) is 1. The summed E-state index contributed by atoms with van der Waals surface area (Å²) in [5.41, 5.74) is 0. The molecule has 0 rings (SSSR count). The van der Waals surface area contributed by atoms with Crippen LogP contribution in [-0.2, 0) is 4.74 Å². The minimum absolute atomic E-state index is 0.149. The molecular weight excluding hydrogens is 180 g/mol. The zero-order chi connectivity index (χ0) is 11.1. The number of aliphatic hydroxyl groups is 2. The molecule has 3 heteroatoms. The van der Waals surface area contributed by atoms with Gasteiger partial charge in [0.1, 0.15) is 0 Å². The van der Waals surface area contributed by atoms with Crippen LogP contribution in [0.15, 0.2) is 0 Å². The first-order chi connectivity index (χ1) is 6.47. The van der Waals surface area contributed by atoms with Crippen molar-refractivity contribution in [3.8, 4) is 0 Å². The van der Waals surface area contributed by atoms with Crippen molar-refractivity contribution in [2.24, 2.45) is 5.92 Å². The van der Waals surface area contributed by atoms with Crippen molar-refractivity contribution in [2.45, 2.75) is 58.8 Å². The van der Waals surface area contributed by atoms with E-state index >= 15 is 0 Å². The molecule has 3 nitrogen and oxygen atoms in total. The molecule has 0 saturated heterocycles. The Morgan fingerprint density at radius 3 is 2.07 bits per heavy atom. The molecule has 0 heterocycles. The molecule has 2 N–H and O–H groups in total. The van der Waals surface area contributed by atoms with E-state index in [-0.39, 0.29) is 18.1 Å². The molecule has 0 saturated carbocycles. The fraction of sp³-hybridized carbons (Fsp3) is 1.00.